The van der Waals surface area contributed by atoms with Crippen molar-refractivity contribution in [3.8, 4) is 0 Å². The number of aromatic nitrogens is 2. The Bertz CT molecular complexity index is 602. The molecular weight excluding hydrogens is 292 g/mol. The maximum atomic E-state index is 12.0. The Morgan fingerprint density at radius 2 is 1.91 bits per heavy atom. The summed E-state index contributed by atoms with van der Waals surface area (Å²) >= 11 is 0. The number of hydrogen-bond acceptors (Lipinski definition) is 5. The zero-order valence-corrected chi connectivity index (χ0v) is 13.1. The third-order valence-electron chi connectivity index (χ3n) is 4.11. The Morgan fingerprint density at radius 3 is 2.57 bits per heavy atom. The van der Waals surface area contributed by atoms with E-state index in [-0.39, 0.29) is 5.91 Å². The molecule has 0 saturated heterocycles. The number of carbonyl (C=O) groups is 1. The van der Waals surface area contributed by atoms with E-state index in [1.165, 1.54) is 25.7 Å². The first-order valence-electron chi connectivity index (χ1n) is 8.20. The maximum Gasteiger partial charge on any atom is 0.254 e. The quantitative estimate of drug-likeness (QED) is 0.829. The minimum atomic E-state index is -0.206. The van der Waals surface area contributed by atoms with Gasteiger partial charge in [-0.3, -0.25) is 4.79 Å². The van der Waals surface area contributed by atoms with E-state index >= 15 is 0 Å². The number of anilines is 1. The summed E-state index contributed by atoms with van der Waals surface area (Å²) in [6.45, 7) is 0.355. The van der Waals surface area contributed by atoms with E-state index in [1.807, 2.05) is 6.07 Å². The molecule has 1 aliphatic rings. The van der Waals surface area contributed by atoms with E-state index in [4.69, 9.17) is 4.42 Å². The fourth-order valence-electron chi connectivity index (χ4n) is 2.81. The number of nitrogens with one attached hydrogen (secondary N) is 2. The van der Waals surface area contributed by atoms with E-state index in [0.29, 0.717) is 29.9 Å². The molecule has 2 aromatic rings. The molecule has 3 rings (SSSR count). The third kappa shape index (κ3) is 4.55. The van der Waals surface area contributed by atoms with Crippen molar-refractivity contribution in [2.24, 2.45) is 0 Å². The highest BCUT2D eigenvalue weighted by Gasteiger charge is 2.13. The first-order valence-corrected chi connectivity index (χ1v) is 8.20. The highest BCUT2D eigenvalue weighted by molar-refractivity contribution is 5.93. The van der Waals surface area contributed by atoms with Crippen molar-refractivity contribution in [1.29, 1.82) is 0 Å². The molecule has 1 aliphatic carbocycles. The topological polar surface area (TPSA) is 80.0 Å². The van der Waals surface area contributed by atoms with Gasteiger partial charge in [-0.1, -0.05) is 25.7 Å². The summed E-state index contributed by atoms with van der Waals surface area (Å²) in [7, 11) is 0. The van der Waals surface area contributed by atoms with Crippen LogP contribution in [0.25, 0.3) is 0 Å². The molecule has 6 nitrogen and oxygen atoms in total. The first-order chi connectivity index (χ1) is 11.3. The molecule has 2 aromatic heterocycles. The second-order valence-electron chi connectivity index (χ2n) is 5.89. The largest absolute Gasteiger partial charge is 0.467 e. The van der Waals surface area contributed by atoms with Gasteiger partial charge in [0.25, 0.3) is 5.91 Å². The number of rotatable bonds is 5. The highest BCUT2D eigenvalue weighted by atomic mass is 16.3. The van der Waals surface area contributed by atoms with Crippen LogP contribution < -0.4 is 10.6 Å². The van der Waals surface area contributed by atoms with Crippen LogP contribution in [-0.2, 0) is 6.54 Å². The molecule has 0 radical (unpaired) electrons. The van der Waals surface area contributed by atoms with Gasteiger partial charge in [-0.2, -0.15) is 0 Å². The fraction of sp³-hybridized carbons (Fsp3) is 0.471. The van der Waals surface area contributed by atoms with Gasteiger partial charge in [0.1, 0.15) is 5.76 Å². The number of hydrogen-bond donors (Lipinski definition) is 2. The lowest BCUT2D eigenvalue weighted by Gasteiger charge is -2.15. The van der Waals surface area contributed by atoms with Gasteiger partial charge < -0.3 is 15.1 Å². The van der Waals surface area contributed by atoms with Gasteiger partial charge in [0.15, 0.2) is 0 Å². The molecule has 0 aromatic carbocycles. The fourth-order valence-corrected chi connectivity index (χ4v) is 2.81. The van der Waals surface area contributed by atoms with Crippen molar-refractivity contribution in [2.45, 2.75) is 51.1 Å². The molecule has 23 heavy (non-hydrogen) atoms. The minimum Gasteiger partial charge on any atom is -0.467 e. The minimum absolute atomic E-state index is 0.206. The van der Waals surface area contributed by atoms with Crippen LogP contribution in [0.5, 0.6) is 0 Å². The van der Waals surface area contributed by atoms with Crippen LogP contribution in [0.2, 0.25) is 0 Å². The first kappa shape index (κ1) is 15.5. The molecule has 2 N–H and O–H groups in total. The molecule has 0 aliphatic heterocycles. The van der Waals surface area contributed by atoms with Crippen LogP contribution in [0, 0.1) is 0 Å². The molecule has 122 valence electrons. The van der Waals surface area contributed by atoms with E-state index in [2.05, 4.69) is 20.6 Å². The van der Waals surface area contributed by atoms with E-state index < -0.39 is 0 Å². The summed E-state index contributed by atoms with van der Waals surface area (Å²) in [6.07, 6.45) is 12.2. The molecule has 2 heterocycles. The summed E-state index contributed by atoms with van der Waals surface area (Å²) in [5.74, 6) is 1.10. The van der Waals surface area contributed by atoms with Crippen LogP contribution in [0.3, 0.4) is 0 Å². The van der Waals surface area contributed by atoms with E-state index in [0.717, 1.165) is 12.8 Å². The smallest absolute Gasteiger partial charge is 0.254 e. The zero-order chi connectivity index (χ0) is 15.9. The summed E-state index contributed by atoms with van der Waals surface area (Å²) in [4.78, 5) is 20.6. The van der Waals surface area contributed by atoms with Crippen LogP contribution in [0.1, 0.15) is 54.6 Å². The molecular formula is C17H22N4O2. The third-order valence-corrected chi connectivity index (χ3v) is 4.11. The second kappa shape index (κ2) is 7.76. The van der Waals surface area contributed by atoms with Gasteiger partial charge in [-0.25, -0.2) is 9.97 Å². The predicted molar refractivity (Wildman–Crippen MR) is 87.0 cm³/mol. The van der Waals surface area contributed by atoms with Gasteiger partial charge in [0.05, 0.1) is 18.4 Å². The second-order valence-corrected chi connectivity index (χ2v) is 5.89. The van der Waals surface area contributed by atoms with Crippen LogP contribution >= 0.6 is 0 Å². The van der Waals surface area contributed by atoms with Gasteiger partial charge >= 0.3 is 0 Å². The lowest BCUT2D eigenvalue weighted by atomic mass is 10.1. The molecule has 1 amide bonds. The van der Waals surface area contributed by atoms with Crippen LogP contribution in [-0.4, -0.2) is 21.9 Å². The lowest BCUT2D eigenvalue weighted by molar-refractivity contribution is 0.0947. The van der Waals surface area contributed by atoms with Crippen molar-refractivity contribution in [3.05, 3.63) is 42.1 Å². The standard InChI is InChI=1S/C17H22N4O2/c22-16(18-12-15-8-5-9-23-15)13-10-19-17(20-11-13)21-14-6-3-1-2-4-7-14/h5,8-11,14H,1-4,6-7,12H2,(H,18,22)(H,19,20,21). The van der Waals surface area contributed by atoms with Crippen LogP contribution in [0.15, 0.2) is 35.2 Å². The number of furan rings is 1. The molecule has 0 atom stereocenters. The Hall–Kier alpha value is -2.37. The zero-order valence-electron chi connectivity index (χ0n) is 13.1. The summed E-state index contributed by atoms with van der Waals surface area (Å²) in [5.41, 5.74) is 0.447. The number of carbonyl (C=O) groups excluding carboxylic acids is 1. The monoisotopic (exact) mass is 314 g/mol. The van der Waals surface area contributed by atoms with Crippen molar-refractivity contribution in [1.82, 2.24) is 15.3 Å². The van der Waals surface area contributed by atoms with Crippen molar-refractivity contribution < 1.29 is 9.21 Å². The number of nitrogens with zero attached hydrogens (tertiary/aromatic N) is 2. The molecule has 0 unspecified atom stereocenters. The van der Waals surface area contributed by atoms with Crippen molar-refractivity contribution >= 4 is 11.9 Å². The summed E-state index contributed by atoms with van der Waals surface area (Å²) < 4.78 is 5.18. The van der Waals surface area contributed by atoms with Gasteiger partial charge in [0.2, 0.25) is 5.95 Å². The normalized spacial score (nSPS) is 15.8. The maximum absolute atomic E-state index is 12.0. The van der Waals surface area contributed by atoms with Gasteiger partial charge in [-0.15, -0.1) is 0 Å². The summed E-state index contributed by atoms with van der Waals surface area (Å²) in [5, 5.41) is 6.15. The number of amides is 1. The highest BCUT2D eigenvalue weighted by Crippen LogP contribution is 2.19. The Labute approximate surface area is 135 Å². The SMILES string of the molecule is O=C(NCc1ccco1)c1cnc(NC2CCCCCC2)nc1. The average Bonchev–Trinajstić information content (AvgIpc) is 2.97. The van der Waals surface area contributed by atoms with Gasteiger partial charge in [-0.05, 0) is 25.0 Å². The molecule has 0 bridgehead atoms. The van der Waals surface area contributed by atoms with Crippen LogP contribution in [0.4, 0.5) is 5.95 Å². The Balaban J connectivity index is 1.52. The average molecular weight is 314 g/mol. The Kier molecular flexibility index (Phi) is 5.24. The molecule has 1 saturated carbocycles. The molecule has 0 spiro atoms. The molecule has 6 heteroatoms. The van der Waals surface area contributed by atoms with E-state index in [9.17, 15) is 4.79 Å². The van der Waals surface area contributed by atoms with Crippen molar-refractivity contribution in [2.75, 3.05) is 5.32 Å². The summed E-state index contributed by atoms with van der Waals surface area (Å²) in [6, 6.07) is 4.05. The van der Waals surface area contributed by atoms with E-state index in [1.54, 1.807) is 24.7 Å². The lowest BCUT2D eigenvalue weighted by Crippen LogP contribution is -2.24. The Morgan fingerprint density at radius 1 is 1.17 bits per heavy atom. The van der Waals surface area contributed by atoms with Crippen molar-refractivity contribution in [3.63, 3.8) is 0 Å². The van der Waals surface area contributed by atoms with Gasteiger partial charge in [0, 0.05) is 18.4 Å². The predicted octanol–water partition coefficient (Wildman–Crippen LogP) is 3.13. The molecule has 1 fully saturated rings.